The van der Waals surface area contributed by atoms with E-state index in [1.807, 2.05) is 0 Å². The minimum atomic E-state index is -4.48. The van der Waals surface area contributed by atoms with Gasteiger partial charge in [-0.05, 0) is 37.3 Å². The van der Waals surface area contributed by atoms with Crippen LogP contribution in [0.25, 0.3) is 0 Å². The molecule has 0 radical (unpaired) electrons. The smallest absolute Gasteiger partial charge is 0.416 e. The van der Waals surface area contributed by atoms with Gasteiger partial charge in [0.25, 0.3) is 5.69 Å². The Kier molecular flexibility index (Phi) is 6.89. The van der Waals surface area contributed by atoms with E-state index < -0.39 is 30.0 Å². The Morgan fingerprint density at radius 2 is 1.62 bits per heavy atom. The Morgan fingerprint density at radius 3 is 2.10 bits per heavy atom. The van der Waals surface area contributed by atoms with Crippen molar-refractivity contribution in [1.82, 2.24) is 0 Å². The number of nitro groups is 1. The summed E-state index contributed by atoms with van der Waals surface area (Å²) in [4.78, 5) is 10.6. The average Bonchev–Trinajstić information content (AvgIpc) is 2.67. The van der Waals surface area contributed by atoms with Gasteiger partial charge < -0.3 is 19.1 Å². The standard InChI is InChI=1S/C17H18F3N2O6P/c1-11(29(25,26-2)27-3)21-15-10-14(8-9-16(15)22(23)24)28-13-6-4-12(5-7-13)17(18,19)20/h4-11,21H,1-3H3. The number of halogens is 3. The van der Waals surface area contributed by atoms with Crippen molar-refractivity contribution in [3.8, 4) is 11.5 Å². The molecule has 0 fully saturated rings. The lowest BCUT2D eigenvalue weighted by Crippen LogP contribution is -2.18. The fraction of sp³-hybridized carbons (Fsp3) is 0.294. The number of nitro benzene ring substituents is 1. The molecule has 0 heterocycles. The minimum Gasteiger partial charge on any atom is -0.457 e. The number of nitrogens with one attached hydrogen (secondary N) is 1. The number of nitrogens with zero attached hydrogens (tertiary/aromatic N) is 1. The predicted octanol–water partition coefficient (Wildman–Crippen LogP) is 5.65. The Labute approximate surface area is 164 Å². The van der Waals surface area contributed by atoms with Crippen molar-refractivity contribution >= 4 is 19.0 Å². The highest BCUT2D eigenvalue weighted by Crippen LogP contribution is 2.52. The first kappa shape index (κ1) is 22.7. The lowest BCUT2D eigenvalue weighted by Gasteiger charge is -2.22. The van der Waals surface area contributed by atoms with Crippen LogP contribution in [0.2, 0.25) is 0 Å². The van der Waals surface area contributed by atoms with Gasteiger partial charge in [-0.2, -0.15) is 13.2 Å². The van der Waals surface area contributed by atoms with E-state index in [0.29, 0.717) is 0 Å². The third kappa shape index (κ3) is 5.47. The molecule has 0 aromatic heterocycles. The van der Waals surface area contributed by atoms with E-state index >= 15 is 0 Å². The quantitative estimate of drug-likeness (QED) is 0.326. The Morgan fingerprint density at radius 1 is 1.07 bits per heavy atom. The van der Waals surface area contributed by atoms with E-state index in [9.17, 15) is 27.9 Å². The molecule has 29 heavy (non-hydrogen) atoms. The summed E-state index contributed by atoms with van der Waals surface area (Å²) in [5.74, 6) is -0.711. The van der Waals surface area contributed by atoms with Gasteiger partial charge >= 0.3 is 13.8 Å². The number of benzene rings is 2. The molecule has 0 aliphatic heterocycles. The highest BCUT2D eigenvalue weighted by atomic mass is 31.2. The molecule has 158 valence electrons. The Balaban J connectivity index is 2.30. The summed E-state index contributed by atoms with van der Waals surface area (Å²) in [6, 6.07) is 7.68. The molecule has 0 amide bonds. The number of hydrogen-bond acceptors (Lipinski definition) is 7. The molecule has 1 unspecified atom stereocenters. The highest BCUT2D eigenvalue weighted by Gasteiger charge is 2.32. The number of hydrogen-bond donors (Lipinski definition) is 1. The van der Waals surface area contributed by atoms with Crippen molar-refractivity contribution in [2.24, 2.45) is 0 Å². The fourth-order valence-corrected chi connectivity index (χ4v) is 3.48. The van der Waals surface area contributed by atoms with E-state index in [1.165, 1.54) is 33.3 Å². The van der Waals surface area contributed by atoms with Crippen LogP contribution in [-0.4, -0.2) is 24.9 Å². The van der Waals surface area contributed by atoms with Crippen LogP contribution < -0.4 is 10.1 Å². The zero-order valence-electron chi connectivity index (χ0n) is 15.6. The van der Waals surface area contributed by atoms with Gasteiger partial charge in [-0.3, -0.25) is 14.7 Å². The molecule has 0 aliphatic carbocycles. The third-order valence-corrected chi connectivity index (χ3v) is 6.03. The fourth-order valence-electron chi connectivity index (χ4n) is 2.40. The minimum absolute atomic E-state index is 0.0266. The van der Waals surface area contributed by atoms with E-state index in [4.69, 9.17) is 13.8 Å². The summed E-state index contributed by atoms with van der Waals surface area (Å²) in [5, 5.41) is 14.0. The zero-order valence-corrected chi connectivity index (χ0v) is 16.5. The second kappa shape index (κ2) is 8.81. The topological polar surface area (TPSA) is 99.9 Å². The molecule has 2 rings (SSSR count). The summed E-state index contributed by atoms with van der Waals surface area (Å²) in [6.45, 7) is 1.46. The van der Waals surface area contributed by atoms with Crippen LogP contribution in [0.1, 0.15) is 12.5 Å². The van der Waals surface area contributed by atoms with Gasteiger partial charge in [0.15, 0.2) is 0 Å². The first-order valence-electron chi connectivity index (χ1n) is 8.11. The molecule has 1 N–H and O–H groups in total. The maximum Gasteiger partial charge on any atom is 0.416 e. The van der Waals surface area contributed by atoms with Crippen molar-refractivity contribution in [2.45, 2.75) is 18.9 Å². The number of alkyl halides is 3. The van der Waals surface area contributed by atoms with Crippen LogP contribution in [0.5, 0.6) is 11.5 Å². The third-order valence-electron chi connectivity index (χ3n) is 3.93. The normalized spacial score (nSPS) is 13.0. The van der Waals surface area contributed by atoms with Crippen molar-refractivity contribution < 1.29 is 36.4 Å². The summed E-state index contributed by atoms with van der Waals surface area (Å²) < 4.78 is 65.6. The van der Waals surface area contributed by atoms with Crippen molar-refractivity contribution in [3.63, 3.8) is 0 Å². The van der Waals surface area contributed by atoms with Gasteiger partial charge in [-0.25, -0.2) is 0 Å². The van der Waals surface area contributed by atoms with E-state index in [0.717, 1.165) is 30.3 Å². The second-order valence-corrected chi connectivity index (χ2v) is 8.37. The van der Waals surface area contributed by atoms with Crippen LogP contribution in [-0.2, 0) is 19.8 Å². The number of rotatable bonds is 8. The number of ether oxygens (including phenoxy) is 1. The molecule has 2 aromatic rings. The number of anilines is 1. The van der Waals surface area contributed by atoms with Gasteiger partial charge in [0, 0.05) is 26.4 Å². The van der Waals surface area contributed by atoms with Gasteiger partial charge in [-0.1, -0.05) is 0 Å². The maximum absolute atomic E-state index is 12.6. The summed E-state index contributed by atoms with van der Waals surface area (Å²) in [6.07, 6.45) is -4.48. The van der Waals surface area contributed by atoms with Crippen LogP contribution in [0, 0.1) is 10.1 Å². The first-order valence-corrected chi connectivity index (χ1v) is 9.72. The maximum atomic E-state index is 12.6. The molecular weight excluding hydrogens is 416 g/mol. The van der Waals surface area contributed by atoms with Crippen molar-refractivity contribution in [3.05, 3.63) is 58.1 Å². The van der Waals surface area contributed by atoms with Crippen molar-refractivity contribution in [1.29, 1.82) is 0 Å². The average molecular weight is 434 g/mol. The molecule has 2 aromatic carbocycles. The molecule has 0 saturated carbocycles. The molecule has 12 heteroatoms. The first-order chi connectivity index (χ1) is 13.5. The van der Waals surface area contributed by atoms with Gasteiger partial charge in [0.05, 0.1) is 10.5 Å². The Hall–Kier alpha value is -2.62. The zero-order chi connectivity index (χ0) is 21.8. The van der Waals surface area contributed by atoms with E-state index in [2.05, 4.69) is 5.32 Å². The van der Waals surface area contributed by atoms with E-state index in [-0.39, 0.29) is 22.9 Å². The summed E-state index contributed by atoms with van der Waals surface area (Å²) in [5.41, 5.74) is -1.18. The lowest BCUT2D eigenvalue weighted by molar-refractivity contribution is -0.384. The SMILES string of the molecule is COP(=O)(OC)C(C)Nc1cc(Oc2ccc(C(F)(F)F)cc2)ccc1[N+](=O)[O-]. The van der Waals surface area contributed by atoms with Gasteiger partial charge in [0.2, 0.25) is 0 Å². The van der Waals surface area contributed by atoms with Gasteiger partial charge in [-0.15, -0.1) is 0 Å². The largest absolute Gasteiger partial charge is 0.457 e. The molecule has 8 nitrogen and oxygen atoms in total. The monoisotopic (exact) mass is 434 g/mol. The molecule has 0 spiro atoms. The lowest BCUT2D eigenvalue weighted by atomic mass is 10.2. The summed E-state index contributed by atoms with van der Waals surface area (Å²) in [7, 11) is -1.21. The van der Waals surface area contributed by atoms with Crippen molar-refractivity contribution in [2.75, 3.05) is 19.5 Å². The molecular formula is C17H18F3N2O6P. The second-order valence-electron chi connectivity index (χ2n) is 5.79. The predicted molar refractivity (Wildman–Crippen MR) is 99.3 cm³/mol. The van der Waals surface area contributed by atoms with E-state index in [1.54, 1.807) is 0 Å². The Bertz CT molecular complexity index is 912. The van der Waals surface area contributed by atoms with Crippen LogP contribution in [0.3, 0.4) is 0 Å². The van der Waals surface area contributed by atoms with Crippen LogP contribution in [0.4, 0.5) is 24.5 Å². The highest BCUT2D eigenvalue weighted by molar-refractivity contribution is 7.54. The molecule has 0 aliphatic rings. The molecule has 1 atom stereocenters. The molecule has 0 bridgehead atoms. The van der Waals surface area contributed by atoms with Crippen LogP contribution >= 0.6 is 7.60 Å². The summed E-state index contributed by atoms with van der Waals surface area (Å²) >= 11 is 0. The van der Waals surface area contributed by atoms with Crippen LogP contribution in [0.15, 0.2) is 42.5 Å². The molecule has 0 saturated heterocycles. The van der Waals surface area contributed by atoms with Gasteiger partial charge in [0.1, 0.15) is 23.0 Å².